The zero-order valence-electron chi connectivity index (χ0n) is 15.0. The van der Waals surface area contributed by atoms with Gasteiger partial charge in [0.2, 0.25) is 0 Å². The average molecular weight is 354 g/mol. The molecular formula is C15H35NO6Si. The van der Waals surface area contributed by atoms with Crippen LogP contribution in [0.25, 0.3) is 0 Å². The van der Waals surface area contributed by atoms with Crippen molar-refractivity contribution in [2.75, 3.05) is 73.6 Å². The van der Waals surface area contributed by atoms with Crippen molar-refractivity contribution in [1.29, 1.82) is 0 Å². The van der Waals surface area contributed by atoms with Gasteiger partial charge in [-0.1, -0.05) is 6.92 Å². The summed E-state index contributed by atoms with van der Waals surface area (Å²) in [7, 11) is 1.08. The van der Waals surface area contributed by atoms with Gasteiger partial charge in [-0.2, -0.15) is 0 Å². The Labute approximate surface area is 141 Å². The van der Waals surface area contributed by atoms with Gasteiger partial charge in [-0.15, -0.1) is 0 Å². The Bertz CT molecular complexity index is 232. The summed E-state index contributed by atoms with van der Waals surface area (Å²) in [6, 6.07) is 1.79. The van der Waals surface area contributed by atoms with E-state index in [9.17, 15) is 0 Å². The maximum atomic E-state index is 6.10. The lowest BCUT2D eigenvalue weighted by Crippen LogP contribution is -2.43. The van der Waals surface area contributed by atoms with Gasteiger partial charge in [0.1, 0.15) is 0 Å². The lowest BCUT2D eigenvalue weighted by atomic mass is 10.5. The van der Waals surface area contributed by atoms with Crippen molar-refractivity contribution in [1.82, 2.24) is 0 Å². The Morgan fingerprint density at radius 1 is 0.739 bits per heavy atom. The summed E-state index contributed by atoms with van der Waals surface area (Å²) in [5.74, 6) is 0. The summed E-state index contributed by atoms with van der Waals surface area (Å²) in [4.78, 5) is 0. The molecule has 0 saturated heterocycles. The second kappa shape index (κ2) is 16.8. The Balaban J connectivity index is 4.06. The monoisotopic (exact) mass is 353 g/mol. The maximum absolute atomic E-state index is 6.10. The molecule has 0 aliphatic carbocycles. The molecule has 0 bridgehead atoms. The lowest BCUT2D eigenvalue weighted by molar-refractivity contribution is 0.0311. The van der Waals surface area contributed by atoms with E-state index in [1.54, 1.807) is 14.2 Å². The first-order chi connectivity index (χ1) is 11.2. The first kappa shape index (κ1) is 22.9. The van der Waals surface area contributed by atoms with E-state index >= 15 is 0 Å². The lowest BCUT2D eigenvalue weighted by Gasteiger charge is -2.30. The highest BCUT2D eigenvalue weighted by Crippen LogP contribution is 2.20. The van der Waals surface area contributed by atoms with E-state index in [-0.39, 0.29) is 0 Å². The number of nitrogens with two attached hydrogens (primary N) is 1. The molecule has 0 aromatic heterocycles. The fourth-order valence-electron chi connectivity index (χ4n) is 2.00. The third kappa shape index (κ3) is 13.0. The normalized spacial score (nSPS) is 12.0. The van der Waals surface area contributed by atoms with Crippen molar-refractivity contribution in [3.8, 4) is 0 Å². The largest absolute Gasteiger partial charge is 0.392 e. The minimum absolute atomic E-state index is 0.541. The summed E-state index contributed by atoms with van der Waals surface area (Å²) in [6.45, 7) is 7.30. The minimum atomic E-state index is -2.23. The zero-order valence-corrected chi connectivity index (χ0v) is 16.0. The molecule has 8 heteroatoms. The molecule has 0 aromatic carbocycles. The molecule has 0 fully saturated rings. The van der Waals surface area contributed by atoms with Crippen LogP contribution in [0.2, 0.25) is 12.1 Å². The van der Waals surface area contributed by atoms with Crippen LogP contribution < -0.4 is 5.73 Å². The van der Waals surface area contributed by atoms with Gasteiger partial charge in [0.25, 0.3) is 0 Å². The number of ether oxygens (including phenoxy) is 4. The smallest absolute Gasteiger partial charge is 0.338 e. The summed E-state index contributed by atoms with van der Waals surface area (Å²) in [6.07, 6.45) is 0.912. The van der Waals surface area contributed by atoms with Gasteiger partial charge >= 0.3 is 8.56 Å². The van der Waals surface area contributed by atoms with Gasteiger partial charge in [0.05, 0.1) is 52.9 Å². The van der Waals surface area contributed by atoms with Gasteiger partial charge in [0.15, 0.2) is 0 Å². The number of hydrogen-bond acceptors (Lipinski definition) is 7. The highest BCUT2D eigenvalue weighted by atomic mass is 28.4. The van der Waals surface area contributed by atoms with E-state index in [0.717, 1.165) is 18.5 Å². The SMILES string of the molecule is CC[Si](CCCN)(OCCOCCOC)OCCOCCOC. The molecule has 0 aliphatic heterocycles. The van der Waals surface area contributed by atoms with Crippen LogP contribution in [-0.2, 0) is 27.8 Å². The number of methoxy groups -OCH3 is 2. The van der Waals surface area contributed by atoms with Crippen LogP contribution in [0.15, 0.2) is 0 Å². The molecule has 0 heterocycles. The molecule has 0 unspecified atom stereocenters. The van der Waals surface area contributed by atoms with E-state index in [4.69, 9.17) is 33.5 Å². The average Bonchev–Trinajstić information content (AvgIpc) is 2.58. The zero-order chi connectivity index (χ0) is 17.2. The Hall–Kier alpha value is -0.0631. The Kier molecular flexibility index (Phi) is 16.7. The predicted molar refractivity (Wildman–Crippen MR) is 92.0 cm³/mol. The predicted octanol–water partition coefficient (Wildman–Crippen LogP) is 1.16. The van der Waals surface area contributed by atoms with Crippen LogP contribution in [0.5, 0.6) is 0 Å². The summed E-state index contributed by atoms with van der Waals surface area (Å²) in [5, 5.41) is 0. The molecule has 23 heavy (non-hydrogen) atoms. The third-order valence-corrected chi connectivity index (χ3v) is 7.00. The molecule has 2 N–H and O–H groups in total. The van der Waals surface area contributed by atoms with Crippen molar-refractivity contribution in [3.05, 3.63) is 0 Å². The van der Waals surface area contributed by atoms with Crippen LogP contribution in [-0.4, -0.2) is 82.2 Å². The quantitative estimate of drug-likeness (QED) is 0.292. The maximum Gasteiger partial charge on any atom is 0.338 e. The fraction of sp³-hybridized carbons (Fsp3) is 1.00. The van der Waals surface area contributed by atoms with Crippen molar-refractivity contribution in [3.63, 3.8) is 0 Å². The molecule has 0 spiro atoms. The van der Waals surface area contributed by atoms with Crippen LogP contribution in [0.1, 0.15) is 13.3 Å². The summed E-state index contributed by atoms with van der Waals surface area (Å²) >= 11 is 0. The highest BCUT2D eigenvalue weighted by Gasteiger charge is 2.34. The molecule has 0 saturated carbocycles. The van der Waals surface area contributed by atoms with Crippen molar-refractivity contribution >= 4 is 8.56 Å². The minimum Gasteiger partial charge on any atom is -0.392 e. The fourth-order valence-corrected chi connectivity index (χ4v) is 4.79. The van der Waals surface area contributed by atoms with Gasteiger partial charge in [0, 0.05) is 14.2 Å². The van der Waals surface area contributed by atoms with Gasteiger partial charge in [-0.3, -0.25) is 0 Å². The van der Waals surface area contributed by atoms with E-state index in [0.29, 0.717) is 59.4 Å². The van der Waals surface area contributed by atoms with E-state index in [2.05, 4.69) is 6.92 Å². The first-order valence-corrected chi connectivity index (χ1v) is 10.6. The van der Waals surface area contributed by atoms with E-state index in [1.165, 1.54) is 0 Å². The first-order valence-electron chi connectivity index (χ1n) is 8.36. The van der Waals surface area contributed by atoms with Gasteiger partial charge in [-0.25, -0.2) is 0 Å². The molecule has 140 valence electrons. The molecule has 0 radical (unpaired) electrons. The van der Waals surface area contributed by atoms with E-state index in [1.807, 2.05) is 0 Å². The molecule has 0 aromatic rings. The van der Waals surface area contributed by atoms with Gasteiger partial charge in [-0.05, 0) is 25.1 Å². The summed E-state index contributed by atoms with van der Waals surface area (Å²) < 4.78 is 33.0. The van der Waals surface area contributed by atoms with Crippen molar-refractivity contribution < 1.29 is 27.8 Å². The van der Waals surface area contributed by atoms with Gasteiger partial charge < -0.3 is 33.5 Å². The van der Waals surface area contributed by atoms with Crippen LogP contribution in [0, 0.1) is 0 Å². The summed E-state index contributed by atoms with van der Waals surface area (Å²) in [5.41, 5.74) is 5.64. The third-order valence-electron chi connectivity index (χ3n) is 3.35. The van der Waals surface area contributed by atoms with Crippen LogP contribution in [0.4, 0.5) is 0 Å². The second-order valence-corrected chi connectivity index (χ2v) is 8.67. The van der Waals surface area contributed by atoms with Crippen LogP contribution >= 0.6 is 0 Å². The van der Waals surface area contributed by atoms with Crippen molar-refractivity contribution in [2.45, 2.75) is 25.4 Å². The van der Waals surface area contributed by atoms with Crippen molar-refractivity contribution in [2.24, 2.45) is 5.73 Å². The Morgan fingerprint density at radius 3 is 1.61 bits per heavy atom. The topological polar surface area (TPSA) is 81.4 Å². The molecule has 0 atom stereocenters. The number of rotatable bonds is 18. The second-order valence-electron chi connectivity index (χ2n) is 5.06. The van der Waals surface area contributed by atoms with E-state index < -0.39 is 8.56 Å². The molecule has 0 rings (SSSR count). The molecule has 0 aliphatic rings. The Morgan fingerprint density at radius 2 is 1.22 bits per heavy atom. The highest BCUT2D eigenvalue weighted by molar-refractivity contribution is 6.67. The number of hydrogen-bond donors (Lipinski definition) is 1. The standard InChI is InChI=1S/C15H35NO6Si/c1-4-23(15-5-6-16,21-13-11-19-9-7-17-2)22-14-12-20-10-8-18-3/h4-16H2,1-3H3. The molecule has 0 amide bonds. The molecule has 7 nitrogen and oxygen atoms in total. The molecular weight excluding hydrogens is 318 g/mol. The van der Waals surface area contributed by atoms with Crippen LogP contribution in [0.3, 0.4) is 0 Å².